The third-order valence-corrected chi connectivity index (χ3v) is 7.87. The summed E-state index contributed by atoms with van der Waals surface area (Å²) in [5.41, 5.74) is 1.43. The summed E-state index contributed by atoms with van der Waals surface area (Å²) in [5.74, 6) is -1.26. The quantitative estimate of drug-likeness (QED) is 0.129. The maximum Gasteiger partial charge on any atom is 0.427 e. The maximum atomic E-state index is 14.2. The van der Waals surface area contributed by atoms with Crippen molar-refractivity contribution in [3.05, 3.63) is 53.6 Å². The first-order valence-corrected chi connectivity index (χ1v) is 15.0. The Morgan fingerprint density at radius 3 is 1.86 bits per heavy atom. The van der Waals surface area contributed by atoms with Gasteiger partial charge in [-0.2, -0.15) is 4.31 Å². The first-order valence-electron chi connectivity index (χ1n) is 11.7. The van der Waals surface area contributed by atoms with Gasteiger partial charge in [-0.3, -0.25) is 0 Å². The Hall–Kier alpha value is -1.99. The summed E-state index contributed by atoms with van der Waals surface area (Å²) < 4.78 is 65.4. The van der Waals surface area contributed by atoms with E-state index in [4.69, 9.17) is 21.1 Å². The predicted octanol–water partition coefficient (Wildman–Crippen LogP) is 7.06. The van der Waals surface area contributed by atoms with E-state index in [1.807, 2.05) is 22.6 Å². The van der Waals surface area contributed by atoms with Crippen LogP contribution >= 0.6 is 34.2 Å². The molecule has 0 saturated heterocycles. The summed E-state index contributed by atoms with van der Waals surface area (Å²) in [6, 6.07) is 10.6. The van der Waals surface area contributed by atoms with Gasteiger partial charge in [-0.25, -0.2) is 26.8 Å². The second-order valence-electron chi connectivity index (χ2n) is 8.04. The van der Waals surface area contributed by atoms with Crippen LogP contribution in [0, 0.1) is 0 Å². The van der Waals surface area contributed by atoms with Gasteiger partial charge in [0.15, 0.2) is 0 Å². The number of carbonyl (C=O) groups excluding carboxylic acids is 2. The highest BCUT2D eigenvalue weighted by atomic mass is 127. The first-order chi connectivity index (χ1) is 17.5. The molecule has 2 unspecified atom stereocenters. The van der Waals surface area contributed by atoms with Crippen LogP contribution in [0.25, 0.3) is 11.1 Å². The minimum absolute atomic E-state index is 0.102. The molecule has 2 aromatic carbocycles. The van der Waals surface area contributed by atoms with Crippen LogP contribution in [0.1, 0.15) is 46.0 Å². The number of nitrogens with zero attached hydrogens (tertiary/aromatic N) is 1. The lowest BCUT2D eigenvalue weighted by molar-refractivity contribution is -0.163. The van der Waals surface area contributed by atoms with Crippen molar-refractivity contribution in [3.63, 3.8) is 0 Å². The zero-order chi connectivity index (χ0) is 27.6. The number of hydrogen-bond donors (Lipinski definition) is 0. The van der Waals surface area contributed by atoms with Gasteiger partial charge in [0.2, 0.25) is 12.7 Å². The fraction of sp³-hybridized carbons (Fsp3) is 0.440. The standard InChI is InChI=1S/C25H29ClF2INO6S/c1-3-5-22(27)35-24(31)21(15-16-29)30(25(32)36-23(28)6-4-2)37(33,34)20-13-9-18(10-14-20)17-7-11-19(26)12-8-17/h7-14,21-23H,3-6,15-16H2,1-2H3/t21-,22?,23?/m1/s1. The summed E-state index contributed by atoms with van der Waals surface area (Å²) in [5, 5.41) is 0.536. The molecule has 0 aromatic heterocycles. The Bertz CT molecular complexity index is 1130. The third kappa shape index (κ3) is 8.78. The highest BCUT2D eigenvalue weighted by Crippen LogP contribution is 2.28. The van der Waals surface area contributed by atoms with Gasteiger partial charge in [0, 0.05) is 22.3 Å². The molecule has 1 amide bonds. The monoisotopic (exact) mass is 671 g/mol. The molecule has 12 heteroatoms. The van der Waals surface area contributed by atoms with Gasteiger partial charge in [-0.15, -0.1) is 0 Å². The van der Waals surface area contributed by atoms with Gasteiger partial charge < -0.3 is 9.47 Å². The van der Waals surface area contributed by atoms with E-state index in [1.165, 1.54) is 24.3 Å². The summed E-state index contributed by atoms with van der Waals surface area (Å²) in [6.45, 7) is 3.34. The molecule has 3 atom stereocenters. The molecule has 0 saturated carbocycles. The van der Waals surface area contributed by atoms with Gasteiger partial charge in [-0.1, -0.05) is 72.3 Å². The molecule has 0 heterocycles. The molecule has 0 aliphatic carbocycles. The third-order valence-electron chi connectivity index (χ3n) is 5.21. The Balaban J connectivity index is 2.49. The van der Waals surface area contributed by atoms with E-state index >= 15 is 0 Å². The molecule has 2 aromatic rings. The number of amides is 1. The number of carbonyl (C=O) groups is 2. The largest absolute Gasteiger partial charge is 0.430 e. The van der Waals surface area contributed by atoms with E-state index in [9.17, 15) is 26.8 Å². The fourth-order valence-electron chi connectivity index (χ4n) is 3.34. The molecule has 7 nitrogen and oxygen atoms in total. The number of halogens is 4. The molecule has 204 valence electrons. The van der Waals surface area contributed by atoms with Crippen molar-refractivity contribution in [2.45, 2.75) is 69.6 Å². The molecular weight excluding hydrogens is 643 g/mol. The predicted molar refractivity (Wildman–Crippen MR) is 145 cm³/mol. The Morgan fingerprint density at radius 2 is 1.38 bits per heavy atom. The zero-order valence-corrected chi connectivity index (χ0v) is 24.1. The van der Waals surface area contributed by atoms with Crippen LogP contribution in [0.5, 0.6) is 0 Å². The summed E-state index contributed by atoms with van der Waals surface area (Å²) >= 11 is 7.80. The lowest BCUT2D eigenvalue weighted by Gasteiger charge is -2.29. The number of ether oxygens (including phenoxy) is 2. The second kappa shape index (κ2) is 14.8. The van der Waals surface area contributed by atoms with Gasteiger partial charge >= 0.3 is 12.1 Å². The van der Waals surface area contributed by atoms with Gasteiger partial charge in [0.1, 0.15) is 6.04 Å². The zero-order valence-electron chi connectivity index (χ0n) is 20.4. The molecule has 0 radical (unpaired) electrons. The Morgan fingerprint density at radius 1 is 0.892 bits per heavy atom. The molecular formula is C25H29ClF2INO6S. The topological polar surface area (TPSA) is 90.0 Å². The van der Waals surface area contributed by atoms with Crippen molar-refractivity contribution >= 4 is 56.3 Å². The molecule has 0 aliphatic rings. The average Bonchev–Trinajstić information content (AvgIpc) is 2.84. The van der Waals surface area contributed by atoms with Crippen LogP contribution in [-0.2, 0) is 24.3 Å². The molecule has 0 N–H and O–H groups in total. The van der Waals surface area contributed by atoms with Crippen LogP contribution in [0.4, 0.5) is 13.6 Å². The number of rotatable bonds is 13. The number of hydrogen-bond acceptors (Lipinski definition) is 6. The normalized spacial score (nSPS) is 13.9. The van der Waals surface area contributed by atoms with Crippen LogP contribution in [0.2, 0.25) is 5.02 Å². The Labute approximate surface area is 234 Å². The lowest BCUT2D eigenvalue weighted by atomic mass is 10.1. The molecule has 0 aliphatic heterocycles. The number of alkyl halides is 3. The summed E-state index contributed by atoms with van der Waals surface area (Å²) in [7, 11) is -4.74. The highest BCUT2D eigenvalue weighted by Gasteiger charge is 2.43. The molecule has 0 spiro atoms. The molecule has 37 heavy (non-hydrogen) atoms. The Kier molecular flexibility index (Phi) is 12.5. The SMILES string of the molecule is CCCC(F)OC(=O)[C@@H](CCI)N(C(=O)OC(F)CCC)S(=O)(=O)c1ccc(-c2ccc(Cl)cc2)cc1. The molecule has 0 bridgehead atoms. The van der Waals surface area contributed by atoms with Crippen molar-refractivity contribution in [2.24, 2.45) is 0 Å². The van der Waals surface area contributed by atoms with Gasteiger partial charge in [0.05, 0.1) is 4.90 Å². The summed E-state index contributed by atoms with van der Waals surface area (Å²) in [6.07, 6.45) is -5.42. The summed E-state index contributed by atoms with van der Waals surface area (Å²) in [4.78, 5) is 25.5. The van der Waals surface area contributed by atoms with Crippen molar-refractivity contribution in [3.8, 4) is 11.1 Å². The van der Waals surface area contributed by atoms with Crippen molar-refractivity contribution in [1.29, 1.82) is 0 Å². The highest BCUT2D eigenvalue weighted by molar-refractivity contribution is 14.1. The number of sulfonamides is 1. The van der Waals surface area contributed by atoms with E-state index in [0.29, 0.717) is 23.4 Å². The van der Waals surface area contributed by atoms with E-state index in [1.54, 1.807) is 38.1 Å². The lowest BCUT2D eigenvalue weighted by Crippen LogP contribution is -2.50. The van der Waals surface area contributed by atoms with E-state index in [-0.39, 0.29) is 32.9 Å². The van der Waals surface area contributed by atoms with Gasteiger partial charge in [0.25, 0.3) is 10.0 Å². The van der Waals surface area contributed by atoms with E-state index < -0.39 is 40.8 Å². The average molecular weight is 672 g/mol. The smallest absolute Gasteiger partial charge is 0.427 e. The number of esters is 1. The van der Waals surface area contributed by atoms with Crippen LogP contribution < -0.4 is 0 Å². The van der Waals surface area contributed by atoms with Crippen LogP contribution in [-0.4, -0.2) is 48.0 Å². The molecule has 2 rings (SSSR count). The van der Waals surface area contributed by atoms with Crippen molar-refractivity contribution in [2.75, 3.05) is 4.43 Å². The maximum absolute atomic E-state index is 14.2. The van der Waals surface area contributed by atoms with E-state index in [2.05, 4.69) is 0 Å². The first kappa shape index (κ1) is 31.2. The van der Waals surface area contributed by atoms with Crippen LogP contribution in [0.3, 0.4) is 0 Å². The second-order valence-corrected chi connectivity index (χ2v) is 11.4. The molecule has 0 fully saturated rings. The van der Waals surface area contributed by atoms with Crippen molar-refractivity contribution in [1.82, 2.24) is 4.31 Å². The van der Waals surface area contributed by atoms with E-state index in [0.717, 1.165) is 5.56 Å². The number of benzene rings is 2. The van der Waals surface area contributed by atoms with Crippen LogP contribution in [0.15, 0.2) is 53.4 Å². The van der Waals surface area contributed by atoms with Gasteiger partial charge in [-0.05, 0) is 54.7 Å². The minimum atomic E-state index is -4.74. The minimum Gasteiger partial charge on any atom is -0.430 e. The fourth-order valence-corrected chi connectivity index (χ4v) is 5.53. The van der Waals surface area contributed by atoms with Crippen molar-refractivity contribution < 1.29 is 36.3 Å².